The summed E-state index contributed by atoms with van der Waals surface area (Å²) >= 11 is 5.72. The minimum absolute atomic E-state index is 0.0788. The smallest absolute Gasteiger partial charge is 0.127 e. The summed E-state index contributed by atoms with van der Waals surface area (Å²) in [5.41, 5.74) is 0.657. The molecule has 1 aromatic carbocycles. The lowest BCUT2D eigenvalue weighted by atomic mass is 9.99. The van der Waals surface area contributed by atoms with E-state index in [9.17, 15) is 4.39 Å². The second kappa shape index (κ2) is 6.94. The number of hydrogen-bond acceptors (Lipinski definition) is 2. The fourth-order valence-electron chi connectivity index (χ4n) is 1.96. The third-order valence-electron chi connectivity index (χ3n) is 2.98. The first-order valence-corrected chi connectivity index (χ1v) is 6.14. The van der Waals surface area contributed by atoms with Gasteiger partial charge in [-0.05, 0) is 37.6 Å². The highest BCUT2D eigenvalue weighted by Crippen LogP contribution is 2.18. The van der Waals surface area contributed by atoms with Gasteiger partial charge in [0.05, 0.1) is 6.10 Å². The minimum Gasteiger partial charge on any atom is -0.380 e. The Morgan fingerprint density at radius 2 is 2.18 bits per heavy atom. The van der Waals surface area contributed by atoms with E-state index in [1.54, 1.807) is 19.2 Å². The van der Waals surface area contributed by atoms with Crippen molar-refractivity contribution in [2.45, 2.75) is 31.9 Å². The molecule has 0 spiro atoms. The van der Waals surface area contributed by atoms with Crippen molar-refractivity contribution < 1.29 is 9.13 Å². The lowest BCUT2D eigenvalue weighted by Crippen LogP contribution is -2.40. The summed E-state index contributed by atoms with van der Waals surface area (Å²) in [6, 6.07) is 4.88. The van der Waals surface area contributed by atoms with Crippen molar-refractivity contribution in [1.29, 1.82) is 0 Å². The van der Waals surface area contributed by atoms with Crippen LogP contribution in [0.4, 0.5) is 4.39 Å². The SMILES string of the molecule is CCC(OC)C(Cc1ccc(Cl)cc1F)NC. The molecular formula is C13H19ClFNO. The van der Waals surface area contributed by atoms with Crippen molar-refractivity contribution in [3.63, 3.8) is 0 Å². The topological polar surface area (TPSA) is 21.3 Å². The molecule has 0 amide bonds. The van der Waals surface area contributed by atoms with Crippen molar-refractivity contribution in [3.8, 4) is 0 Å². The predicted molar refractivity (Wildman–Crippen MR) is 69.0 cm³/mol. The van der Waals surface area contributed by atoms with Crippen LogP contribution in [-0.2, 0) is 11.2 Å². The number of nitrogens with one attached hydrogen (secondary N) is 1. The van der Waals surface area contributed by atoms with E-state index in [1.165, 1.54) is 6.07 Å². The van der Waals surface area contributed by atoms with Crippen molar-refractivity contribution in [3.05, 3.63) is 34.6 Å². The van der Waals surface area contributed by atoms with E-state index in [0.29, 0.717) is 17.0 Å². The lowest BCUT2D eigenvalue weighted by molar-refractivity contribution is 0.0675. The van der Waals surface area contributed by atoms with Gasteiger partial charge in [0.1, 0.15) is 5.82 Å². The van der Waals surface area contributed by atoms with Gasteiger partial charge >= 0.3 is 0 Å². The van der Waals surface area contributed by atoms with Crippen LogP contribution in [0.5, 0.6) is 0 Å². The third-order valence-corrected chi connectivity index (χ3v) is 3.21. The molecule has 2 nitrogen and oxygen atoms in total. The monoisotopic (exact) mass is 259 g/mol. The molecule has 0 aliphatic carbocycles. The fraction of sp³-hybridized carbons (Fsp3) is 0.538. The standard InChI is InChI=1S/C13H19ClFNO/c1-4-13(17-3)12(16-2)7-9-5-6-10(14)8-11(9)15/h5-6,8,12-13,16H,4,7H2,1-3H3. The molecule has 17 heavy (non-hydrogen) atoms. The summed E-state index contributed by atoms with van der Waals surface area (Å²) in [6.45, 7) is 2.05. The average Bonchev–Trinajstić information content (AvgIpc) is 2.32. The van der Waals surface area contributed by atoms with Crippen LogP contribution in [0.1, 0.15) is 18.9 Å². The van der Waals surface area contributed by atoms with Crippen LogP contribution in [0.2, 0.25) is 5.02 Å². The van der Waals surface area contributed by atoms with Gasteiger partial charge < -0.3 is 10.1 Å². The summed E-state index contributed by atoms with van der Waals surface area (Å²) in [6.07, 6.45) is 1.55. The van der Waals surface area contributed by atoms with Crippen molar-refractivity contribution in [2.75, 3.05) is 14.2 Å². The first-order valence-electron chi connectivity index (χ1n) is 5.76. The maximum absolute atomic E-state index is 13.7. The summed E-state index contributed by atoms with van der Waals surface area (Å²) in [7, 11) is 3.54. The molecule has 1 aromatic rings. The zero-order chi connectivity index (χ0) is 12.8. The summed E-state index contributed by atoms with van der Waals surface area (Å²) in [5.74, 6) is -0.260. The lowest BCUT2D eigenvalue weighted by Gasteiger charge is -2.25. The number of methoxy groups -OCH3 is 1. The number of halogens is 2. The quantitative estimate of drug-likeness (QED) is 0.848. The molecule has 2 atom stereocenters. The van der Waals surface area contributed by atoms with Crippen molar-refractivity contribution >= 4 is 11.6 Å². The van der Waals surface area contributed by atoms with E-state index < -0.39 is 0 Å². The van der Waals surface area contributed by atoms with E-state index >= 15 is 0 Å². The van der Waals surface area contributed by atoms with E-state index in [4.69, 9.17) is 16.3 Å². The summed E-state index contributed by atoms with van der Waals surface area (Å²) in [4.78, 5) is 0. The first-order chi connectivity index (χ1) is 8.12. The Kier molecular flexibility index (Phi) is 5.89. The van der Waals surface area contributed by atoms with E-state index in [-0.39, 0.29) is 18.0 Å². The molecule has 0 aliphatic rings. The van der Waals surface area contributed by atoms with Gasteiger partial charge in [0.25, 0.3) is 0 Å². The number of ether oxygens (including phenoxy) is 1. The third kappa shape index (κ3) is 3.95. The van der Waals surface area contributed by atoms with E-state index in [2.05, 4.69) is 12.2 Å². The normalized spacial score (nSPS) is 14.6. The molecule has 96 valence electrons. The van der Waals surface area contributed by atoms with Crippen LogP contribution < -0.4 is 5.32 Å². The maximum Gasteiger partial charge on any atom is 0.127 e. The van der Waals surface area contributed by atoms with Crippen molar-refractivity contribution in [1.82, 2.24) is 5.32 Å². The van der Waals surface area contributed by atoms with Gasteiger partial charge in [-0.3, -0.25) is 0 Å². The van der Waals surface area contributed by atoms with Crippen molar-refractivity contribution in [2.24, 2.45) is 0 Å². The predicted octanol–water partition coefficient (Wildman–Crippen LogP) is 3.03. The fourth-order valence-corrected chi connectivity index (χ4v) is 2.12. The van der Waals surface area contributed by atoms with Crippen LogP contribution in [0.25, 0.3) is 0 Å². The zero-order valence-corrected chi connectivity index (χ0v) is 11.2. The largest absolute Gasteiger partial charge is 0.380 e. The van der Waals surface area contributed by atoms with Crippen LogP contribution in [-0.4, -0.2) is 26.3 Å². The average molecular weight is 260 g/mol. The summed E-state index contributed by atoms with van der Waals surface area (Å²) < 4.78 is 19.0. The van der Waals surface area contributed by atoms with Gasteiger partial charge in [-0.2, -0.15) is 0 Å². The highest BCUT2D eigenvalue weighted by atomic mass is 35.5. The molecule has 2 unspecified atom stereocenters. The second-order valence-electron chi connectivity index (χ2n) is 4.02. The van der Waals surface area contributed by atoms with Gasteiger partial charge in [0.15, 0.2) is 0 Å². The first kappa shape index (κ1) is 14.4. The Balaban J connectivity index is 2.80. The van der Waals surface area contributed by atoms with Crippen LogP contribution in [0.15, 0.2) is 18.2 Å². The van der Waals surface area contributed by atoms with Crippen LogP contribution in [0, 0.1) is 5.82 Å². The molecule has 0 bridgehead atoms. The number of hydrogen-bond donors (Lipinski definition) is 1. The Hall–Kier alpha value is -0.640. The van der Waals surface area contributed by atoms with Gasteiger partial charge in [0, 0.05) is 18.2 Å². The maximum atomic E-state index is 13.7. The van der Waals surface area contributed by atoms with E-state index in [0.717, 1.165) is 6.42 Å². The molecule has 0 radical (unpaired) electrons. The number of benzene rings is 1. The molecule has 1 N–H and O–H groups in total. The number of rotatable bonds is 6. The van der Waals surface area contributed by atoms with Gasteiger partial charge in [-0.15, -0.1) is 0 Å². The highest BCUT2D eigenvalue weighted by molar-refractivity contribution is 6.30. The second-order valence-corrected chi connectivity index (χ2v) is 4.45. The Labute approximate surface area is 107 Å². The molecule has 0 saturated heterocycles. The molecule has 0 aromatic heterocycles. The highest BCUT2D eigenvalue weighted by Gasteiger charge is 2.19. The van der Waals surface area contributed by atoms with Crippen LogP contribution in [0.3, 0.4) is 0 Å². The Bertz CT molecular complexity index is 355. The Morgan fingerprint density at radius 3 is 2.65 bits per heavy atom. The molecule has 0 saturated carbocycles. The zero-order valence-electron chi connectivity index (χ0n) is 10.5. The molecule has 0 fully saturated rings. The summed E-state index contributed by atoms with van der Waals surface area (Å²) in [5, 5.41) is 3.59. The molecule has 1 rings (SSSR count). The molecular weight excluding hydrogens is 241 g/mol. The molecule has 0 aliphatic heterocycles. The van der Waals surface area contributed by atoms with E-state index in [1.807, 2.05) is 7.05 Å². The van der Waals surface area contributed by atoms with Gasteiger partial charge in [0.2, 0.25) is 0 Å². The van der Waals surface area contributed by atoms with Gasteiger partial charge in [-0.25, -0.2) is 4.39 Å². The van der Waals surface area contributed by atoms with Crippen LogP contribution >= 0.6 is 11.6 Å². The molecule has 4 heteroatoms. The number of likely N-dealkylation sites (N-methyl/N-ethyl adjacent to an activating group) is 1. The van der Waals surface area contributed by atoms with Gasteiger partial charge in [-0.1, -0.05) is 24.6 Å². The Morgan fingerprint density at radius 1 is 1.47 bits per heavy atom. The molecule has 0 heterocycles. The minimum atomic E-state index is -0.260.